The zero-order chi connectivity index (χ0) is 17.8. The fourth-order valence-electron chi connectivity index (χ4n) is 2.79. The third-order valence-electron chi connectivity index (χ3n) is 4.50. The van der Waals surface area contributed by atoms with Gasteiger partial charge in [-0.15, -0.1) is 0 Å². The predicted octanol–water partition coefficient (Wildman–Crippen LogP) is 3.94. The standard InChI is InChI=1S/C20H22ClNO3/c1-14-3-8-18(11-15(14)2)25-13-20(23)22-9-10-24-19(12-22)16-4-6-17(21)7-5-16/h3-8,11,19H,9-10,12-13H2,1-2H3. The first-order chi connectivity index (χ1) is 12.0. The number of amides is 1. The van der Waals surface area contributed by atoms with Crippen molar-refractivity contribution in [1.29, 1.82) is 0 Å². The first kappa shape index (κ1) is 17.8. The minimum absolute atomic E-state index is 0.0273. The first-order valence-corrected chi connectivity index (χ1v) is 8.75. The van der Waals surface area contributed by atoms with Crippen LogP contribution in [0.25, 0.3) is 0 Å². The van der Waals surface area contributed by atoms with E-state index >= 15 is 0 Å². The molecule has 0 aromatic heterocycles. The van der Waals surface area contributed by atoms with Gasteiger partial charge in [-0.05, 0) is 54.8 Å². The van der Waals surface area contributed by atoms with Gasteiger partial charge in [0.15, 0.2) is 6.61 Å². The van der Waals surface area contributed by atoms with Crippen LogP contribution in [0.3, 0.4) is 0 Å². The van der Waals surface area contributed by atoms with E-state index in [4.69, 9.17) is 21.1 Å². The highest BCUT2D eigenvalue weighted by molar-refractivity contribution is 6.30. The summed E-state index contributed by atoms with van der Waals surface area (Å²) in [4.78, 5) is 14.3. The fourth-order valence-corrected chi connectivity index (χ4v) is 2.92. The van der Waals surface area contributed by atoms with Crippen molar-refractivity contribution in [2.45, 2.75) is 20.0 Å². The van der Waals surface area contributed by atoms with Crippen LogP contribution in [0.15, 0.2) is 42.5 Å². The fraction of sp³-hybridized carbons (Fsp3) is 0.350. The molecule has 4 nitrogen and oxygen atoms in total. The van der Waals surface area contributed by atoms with Crippen molar-refractivity contribution in [3.8, 4) is 5.75 Å². The van der Waals surface area contributed by atoms with Gasteiger partial charge in [0.25, 0.3) is 5.91 Å². The SMILES string of the molecule is Cc1ccc(OCC(=O)N2CCOC(c3ccc(Cl)cc3)C2)cc1C. The number of morpholine rings is 1. The monoisotopic (exact) mass is 359 g/mol. The van der Waals surface area contributed by atoms with Crippen LogP contribution in [0.1, 0.15) is 22.8 Å². The molecule has 1 aliphatic heterocycles. The zero-order valence-corrected chi connectivity index (χ0v) is 15.3. The van der Waals surface area contributed by atoms with Crippen LogP contribution in [0.5, 0.6) is 5.75 Å². The molecule has 1 fully saturated rings. The van der Waals surface area contributed by atoms with E-state index in [1.165, 1.54) is 5.56 Å². The Hall–Kier alpha value is -2.04. The van der Waals surface area contributed by atoms with Gasteiger partial charge in [-0.25, -0.2) is 0 Å². The third kappa shape index (κ3) is 4.53. The Bertz CT molecular complexity index is 745. The maximum atomic E-state index is 12.5. The number of ether oxygens (including phenoxy) is 2. The molecule has 5 heteroatoms. The molecule has 2 aromatic rings. The lowest BCUT2D eigenvalue weighted by Crippen LogP contribution is -2.44. The molecule has 1 atom stereocenters. The molecular weight excluding hydrogens is 338 g/mol. The molecule has 0 radical (unpaired) electrons. The van der Waals surface area contributed by atoms with Gasteiger partial charge < -0.3 is 14.4 Å². The first-order valence-electron chi connectivity index (χ1n) is 8.38. The van der Waals surface area contributed by atoms with Gasteiger partial charge in [0, 0.05) is 11.6 Å². The molecule has 0 bridgehead atoms. The summed E-state index contributed by atoms with van der Waals surface area (Å²) in [5.74, 6) is 0.694. The molecule has 1 unspecified atom stereocenters. The van der Waals surface area contributed by atoms with E-state index in [2.05, 4.69) is 6.92 Å². The second kappa shape index (κ2) is 7.89. The summed E-state index contributed by atoms with van der Waals surface area (Å²) >= 11 is 5.93. The van der Waals surface area contributed by atoms with Crippen molar-refractivity contribution in [3.05, 3.63) is 64.2 Å². The normalized spacial score (nSPS) is 17.4. The number of halogens is 1. The van der Waals surface area contributed by atoms with E-state index in [-0.39, 0.29) is 18.6 Å². The Labute approximate surface area is 153 Å². The number of nitrogens with zero attached hydrogens (tertiary/aromatic N) is 1. The quantitative estimate of drug-likeness (QED) is 0.830. The number of carbonyl (C=O) groups excluding carboxylic acids is 1. The number of benzene rings is 2. The van der Waals surface area contributed by atoms with Crippen molar-refractivity contribution in [2.75, 3.05) is 26.3 Å². The van der Waals surface area contributed by atoms with Gasteiger partial charge in [0.05, 0.1) is 13.2 Å². The number of hydrogen-bond acceptors (Lipinski definition) is 3. The molecular formula is C20H22ClNO3. The average molecular weight is 360 g/mol. The summed E-state index contributed by atoms with van der Waals surface area (Å²) in [7, 11) is 0. The van der Waals surface area contributed by atoms with Crippen LogP contribution in [0.2, 0.25) is 5.02 Å². The number of hydrogen-bond donors (Lipinski definition) is 0. The molecule has 0 aliphatic carbocycles. The summed E-state index contributed by atoms with van der Waals surface area (Å²) < 4.78 is 11.5. The van der Waals surface area contributed by atoms with Gasteiger partial charge in [-0.2, -0.15) is 0 Å². The Morgan fingerprint density at radius 3 is 2.68 bits per heavy atom. The van der Waals surface area contributed by atoms with Crippen molar-refractivity contribution in [3.63, 3.8) is 0 Å². The minimum Gasteiger partial charge on any atom is -0.484 e. The maximum absolute atomic E-state index is 12.5. The second-order valence-corrected chi connectivity index (χ2v) is 6.72. The van der Waals surface area contributed by atoms with Gasteiger partial charge in [0.1, 0.15) is 11.9 Å². The van der Waals surface area contributed by atoms with Crippen molar-refractivity contribution >= 4 is 17.5 Å². The topological polar surface area (TPSA) is 38.8 Å². The van der Waals surface area contributed by atoms with Crippen molar-refractivity contribution < 1.29 is 14.3 Å². The summed E-state index contributed by atoms with van der Waals surface area (Å²) in [6, 6.07) is 13.4. The Balaban J connectivity index is 1.58. The van der Waals surface area contributed by atoms with E-state index in [9.17, 15) is 4.79 Å². The van der Waals surface area contributed by atoms with Crippen LogP contribution in [-0.2, 0) is 9.53 Å². The lowest BCUT2D eigenvalue weighted by atomic mass is 10.1. The highest BCUT2D eigenvalue weighted by Crippen LogP contribution is 2.24. The predicted molar refractivity (Wildman–Crippen MR) is 98.1 cm³/mol. The smallest absolute Gasteiger partial charge is 0.260 e. The maximum Gasteiger partial charge on any atom is 0.260 e. The lowest BCUT2D eigenvalue weighted by molar-refractivity contribution is -0.141. The largest absolute Gasteiger partial charge is 0.484 e. The summed E-state index contributed by atoms with van der Waals surface area (Å²) in [6.07, 6.45) is -0.128. The highest BCUT2D eigenvalue weighted by atomic mass is 35.5. The highest BCUT2D eigenvalue weighted by Gasteiger charge is 2.25. The lowest BCUT2D eigenvalue weighted by Gasteiger charge is -2.33. The molecule has 1 amide bonds. The summed E-state index contributed by atoms with van der Waals surface area (Å²) in [5.41, 5.74) is 3.38. The number of carbonyl (C=O) groups is 1. The van der Waals surface area contributed by atoms with E-state index in [0.717, 1.165) is 16.9 Å². The van der Waals surface area contributed by atoms with Crippen LogP contribution < -0.4 is 4.74 Å². The molecule has 2 aromatic carbocycles. The van der Waals surface area contributed by atoms with Gasteiger partial charge in [0.2, 0.25) is 0 Å². The molecule has 1 aliphatic rings. The van der Waals surface area contributed by atoms with Crippen molar-refractivity contribution in [1.82, 2.24) is 4.90 Å². The van der Waals surface area contributed by atoms with E-state index in [1.54, 1.807) is 4.90 Å². The number of aryl methyl sites for hydroxylation is 2. The van der Waals surface area contributed by atoms with E-state index < -0.39 is 0 Å². The minimum atomic E-state index is -0.128. The van der Waals surface area contributed by atoms with Crippen molar-refractivity contribution in [2.24, 2.45) is 0 Å². The summed E-state index contributed by atoms with van der Waals surface area (Å²) in [5, 5.41) is 0.689. The molecule has 1 saturated heterocycles. The molecule has 25 heavy (non-hydrogen) atoms. The Morgan fingerprint density at radius 1 is 1.20 bits per heavy atom. The van der Waals surface area contributed by atoms with Gasteiger partial charge in [-0.1, -0.05) is 29.8 Å². The molecule has 1 heterocycles. The average Bonchev–Trinajstić information content (AvgIpc) is 2.63. The summed E-state index contributed by atoms with van der Waals surface area (Å²) in [6.45, 7) is 5.74. The third-order valence-corrected chi connectivity index (χ3v) is 4.75. The molecule has 0 N–H and O–H groups in total. The van der Waals surface area contributed by atoms with Crippen LogP contribution >= 0.6 is 11.6 Å². The van der Waals surface area contributed by atoms with E-state index in [0.29, 0.717) is 24.7 Å². The molecule has 0 spiro atoms. The van der Waals surface area contributed by atoms with Crippen LogP contribution in [-0.4, -0.2) is 37.1 Å². The molecule has 0 saturated carbocycles. The zero-order valence-electron chi connectivity index (χ0n) is 14.5. The van der Waals surface area contributed by atoms with Crippen LogP contribution in [0, 0.1) is 13.8 Å². The molecule has 132 valence electrons. The van der Waals surface area contributed by atoms with Gasteiger partial charge >= 0.3 is 0 Å². The number of rotatable bonds is 4. The van der Waals surface area contributed by atoms with E-state index in [1.807, 2.05) is 49.4 Å². The van der Waals surface area contributed by atoms with Gasteiger partial charge in [-0.3, -0.25) is 4.79 Å². The van der Waals surface area contributed by atoms with Crippen LogP contribution in [0.4, 0.5) is 0 Å². The molecule has 3 rings (SSSR count). The Kier molecular flexibility index (Phi) is 5.61. The Morgan fingerprint density at radius 2 is 1.96 bits per heavy atom. The second-order valence-electron chi connectivity index (χ2n) is 6.29.